The van der Waals surface area contributed by atoms with Gasteiger partial charge in [-0.3, -0.25) is 38.0 Å². The van der Waals surface area contributed by atoms with Crippen molar-refractivity contribution in [1.82, 2.24) is 50.7 Å². The number of thiazole rings is 1. The van der Waals surface area contributed by atoms with E-state index >= 15 is 0 Å². The number of nitrogens with zero attached hydrogens (tertiary/aromatic N) is 6. The van der Waals surface area contributed by atoms with Crippen LogP contribution >= 0.6 is 27.3 Å². The van der Waals surface area contributed by atoms with Crippen molar-refractivity contribution in [3.8, 4) is 21.9 Å². The molecule has 81 heavy (non-hydrogen) atoms. The molecule has 5 N–H and O–H groups in total. The smallest absolute Gasteiger partial charge is 0.273 e. The Balaban J connectivity index is 0.768. The number of aliphatic hydroxyl groups excluding tert-OH is 1. The van der Waals surface area contributed by atoms with E-state index in [0.717, 1.165) is 45.1 Å². The molecule has 4 atom stereocenters. The Labute approximate surface area is 482 Å². The van der Waals surface area contributed by atoms with Gasteiger partial charge in [0.1, 0.15) is 40.5 Å². The molecule has 1 saturated heterocycles. The number of likely N-dealkylation sites (tertiary alicyclic amines) is 1. The van der Waals surface area contributed by atoms with Crippen molar-refractivity contribution in [2.45, 2.75) is 144 Å². The van der Waals surface area contributed by atoms with Gasteiger partial charge >= 0.3 is 0 Å². The molecular weight excluding hydrogens is 1130 g/mol. The molecule has 1 aliphatic heterocycles. The summed E-state index contributed by atoms with van der Waals surface area (Å²) in [7, 11) is 0. The molecule has 22 heteroatoms. The van der Waals surface area contributed by atoms with Crippen LogP contribution in [0.25, 0.3) is 16.1 Å². The maximum Gasteiger partial charge on any atom is 0.273 e. The summed E-state index contributed by atoms with van der Waals surface area (Å²) in [6, 6.07) is 15.6. The fraction of sp³-hybridized carbons (Fsp3) is 0.441. The summed E-state index contributed by atoms with van der Waals surface area (Å²) < 4.78 is 36.6. The number of hydrogen-bond donors (Lipinski definition) is 5. The van der Waals surface area contributed by atoms with Crippen molar-refractivity contribution in [3.05, 3.63) is 144 Å². The Hall–Kier alpha value is -7.17. The topological polar surface area (TPSA) is 232 Å². The molecule has 18 nitrogen and oxygen atoms in total. The fourth-order valence-corrected chi connectivity index (χ4v) is 10.8. The van der Waals surface area contributed by atoms with Gasteiger partial charge in [0.2, 0.25) is 23.6 Å². The lowest BCUT2D eigenvalue weighted by Gasteiger charge is -2.35. The van der Waals surface area contributed by atoms with E-state index < -0.39 is 46.7 Å². The average molecular weight is 1200 g/mol. The second-order valence-electron chi connectivity index (χ2n) is 21.6. The van der Waals surface area contributed by atoms with Crippen LogP contribution < -0.4 is 31.6 Å². The number of hydrogen-bond acceptors (Lipinski definition) is 12. The number of unbranched alkanes of at least 4 members (excludes halogenated alkanes) is 2. The van der Waals surface area contributed by atoms with E-state index in [9.17, 15) is 42.7 Å². The molecule has 0 saturated carbocycles. The molecule has 432 valence electrons. The Morgan fingerprint density at radius 1 is 0.889 bits per heavy atom. The Morgan fingerprint density at radius 2 is 1.63 bits per heavy atom. The van der Waals surface area contributed by atoms with Gasteiger partial charge in [-0.1, -0.05) is 62.7 Å². The number of rotatable bonds is 25. The number of ether oxygens (including phenoxy) is 1. The van der Waals surface area contributed by atoms with Crippen LogP contribution in [0.2, 0.25) is 0 Å². The van der Waals surface area contributed by atoms with Crippen molar-refractivity contribution in [1.29, 1.82) is 0 Å². The quantitative estimate of drug-likeness (QED) is 0.0342. The first kappa shape index (κ1) is 61.4. The molecule has 4 heterocycles. The van der Waals surface area contributed by atoms with Crippen LogP contribution in [-0.2, 0) is 38.8 Å². The SMILES string of the molecule is Cc1ccc(C(=O)NCCCc2cn(CCCC(=O)NCCCCCC(=O)N[C@H](C(=O)N3C[C@@H](O)C[C@H]3C(=O)N[C@@H](C)c3ccc(-c4scnc4C)cc3)C(C)(C)C)nn2)cc1-n1c(C)cc(OCc2ccc(F)cc2F)c(Br)c1=O. The molecule has 1 fully saturated rings. The van der Waals surface area contributed by atoms with Crippen LogP contribution in [-0.4, -0.2) is 102 Å². The normalized spacial score (nSPS) is 15.0. The van der Waals surface area contributed by atoms with Crippen molar-refractivity contribution in [2.75, 3.05) is 19.6 Å². The molecule has 3 aromatic heterocycles. The number of benzene rings is 3. The third kappa shape index (κ3) is 16.5. The lowest BCUT2D eigenvalue weighted by Crippen LogP contribution is -2.57. The van der Waals surface area contributed by atoms with Gasteiger partial charge in [-0.05, 0) is 122 Å². The van der Waals surface area contributed by atoms with Gasteiger partial charge in [0, 0.05) is 80.6 Å². The van der Waals surface area contributed by atoms with Crippen molar-refractivity contribution in [3.63, 3.8) is 0 Å². The minimum Gasteiger partial charge on any atom is -0.487 e. The molecule has 0 unspecified atom stereocenters. The molecule has 5 amide bonds. The van der Waals surface area contributed by atoms with Crippen LogP contribution in [0.4, 0.5) is 8.78 Å². The van der Waals surface area contributed by atoms with Crippen LogP contribution in [0.5, 0.6) is 5.75 Å². The summed E-state index contributed by atoms with van der Waals surface area (Å²) in [5, 5.41) is 30.9. The Bertz CT molecular complexity index is 3270. The number of aliphatic hydroxyl groups is 1. The van der Waals surface area contributed by atoms with Crippen LogP contribution in [0.15, 0.2) is 87.7 Å². The predicted molar refractivity (Wildman–Crippen MR) is 308 cm³/mol. The lowest BCUT2D eigenvalue weighted by atomic mass is 9.85. The number of pyridine rings is 1. The summed E-state index contributed by atoms with van der Waals surface area (Å²) >= 11 is 4.89. The second kappa shape index (κ2) is 28.0. The van der Waals surface area contributed by atoms with Crippen LogP contribution in [0.1, 0.15) is 129 Å². The summed E-state index contributed by atoms with van der Waals surface area (Å²) in [6.45, 7) is 14.0. The van der Waals surface area contributed by atoms with Gasteiger partial charge in [-0.2, -0.15) is 0 Å². The molecule has 6 aromatic rings. The first-order valence-corrected chi connectivity index (χ1v) is 28.9. The third-order valence-electron chi connectivity index (χ3n) is 14.1. The Kier molecular flexibility index (Phi) is 21.2. The maximum absolute atomic E-state index is 14.2. The zero-order valence-electron chi connectivity index (χ0n) is 46.7. The number of amides is 5. The van der Waals surface area contributed by atoms with Gasteiger partial charge in [0.15, 0.2) is 0 Å². The van der Waals surface area contributed by atoms with E-state index in [1.54, 1.807) is 47.2 Å². The molecule has 7 rings (SSSR count). The van der Waals surface area contributed by atoms with Crippen molar-refractivity contribution >= 4 is 56.8 Å². The number of carbonyl (C=O) groups excluding carboxylic acids is 5. The monoisotopic (exact) mass is 1200 g/mol. The largest absolute Gasteiger partial charge is 0.487 e. The van der Waals surface area contributed by atoms with E-state index in [2.05, 4.69) is 52.5 Å². The number of halogens is 3. The highest BCUT2D eigenvalue weighted by Gasteiger charge is 2.44. The number of carbonyl (C=O) groups is 5. The highest BCUT2D eigenvalue weighted by molar-refractivity contribution is 9.10. The van der Waals surface area contributed by atoms with Crippen molar-refractivity contribution in [2.24, 2.45) is 5.41 Å². The van der Waals surface area contributed by atoms with Crippen LogP contribution in [0.3, 0.4) is 0 Å². The standard InChI is InChI=1S/C59H71BrF2N10O8S/c1-35-16-17-41(28-47(35)72-36(2)27-49(52(60)57(72)78)80-33-42-22-23-43(61)29-46(42)62)55(76)64-25-11-13-44-31-70(69-68-44)26-12-15-50(74)63-24-10-8-9-14-51(75)67-54(59(5,6)7)58(79)71-32-45(73)30-48(71)56(77)66-37(3)39-18-20-40(21-19-39)53-38(4)65-34-81-53/h16-23,27-29,31,34,37,45,48,54,73H,8-15,24-26,30,32-33H2,1-7H3,(H,63,74)(H,64,76)(H,66,77)(H,67,75)/t37-,45-,48-,54+/m0/s1. The van der Waals surface area contributed by atoms with Gasteiger partial charge < -0.3 is 36.0 Å². The molecule has 0 spiro atoms. The minimum atomic E-state index is -0.931. The predicted octanol–water partition coefficient (Wildman–Crippen LogP) is 8.29. The van der Waals surface area contributed by atoms with Gasteiger partial charge in [0.05, 0.1) is 39.6 Å². The molecule has 0 radical (unpaired) electrons. The van der Waals surface area contributed by atoms with E-state index in [0.29, 0.717) is 75.1 Å². The van der Waals surface area contributed by atoms with Crippen LogP contribution in [0, 0.1) is 37.8 Å². The average Bonchev–Trinajstić information content (AvgIpc) is 4.18. The zero-order chi connectivity index (χ0) is 58.5. The number of nitrogens with one attached hydrogen (secondary N) is 4. The maximum atomic E-state index is 14.2. The zero-order valence-corrected chi connectivity index (χ0v) is 49.1. The fourth-order valence-electron chi connectivity index (χ4n) is 9.56. The molecular formula is C59H71BrF2N10O8S. The summed E-state index contributed by atoms with van der Waals surface area (Å²) in [5.74, 6) is -2.79. The van der Waals surface area contributed by atoms with Gasteiger partial charge in [-0.15, -0.1) is 16.4 Å². The number of β-amino-alcohol motifs (C(OH)–C–C–N with tert-alkyl or cyclic N) is 1. The Morgan fingerprint density at radius 3 is 2.35 bits per heavy atom. The highest BCUT2D eigenvalue weighted by atomic mass is 79.9. The molecule has 0 aliphatic carbocycles. The molecule has 1 aliphatic rings. The van der Waals surface area contributed by atoms with Crippen molar-refractivity contribution < 1.29 is 42.6 Å². The van der Waals surface area contributed by atoms with E-state index in [1.165, 1.54) is 15.5 Å². The van der Waals surface area contributed by atoms with Gasteiger partial charge in [-0.25, -0.2) is 13.8 Å². The lowest BCUT2D eigenvalue weighted by molar-refractivity contribution is -0.144. The van der Waals surface area contributed by atoms with Gasteiger partial charge in [0.25, 0.3) is 11.5 Å². The first-order chi connectivity index (χ1) is 38.6. The van der Waals surface area contributed by atoms with E-state index in [1.807, 2.05) is 77.5 Å². The second-order valence-corrected chi connectivity index (χ2v) is 23.3. The highest BCUT2D eigenvalue weighted by Crippen LogP contribution is 2.31. The summed E-state index contributed by atoms with van der Waals surface area (Å²) in [6.07, 6.45) is 5.04. The molecule has 3 aromatic carbocycles. The van der Waals surface area contributed by atoms with E-state index in [4.69, 9.17) is 4.74 Å². The number of aromatic nitrogens is 5. The summed E-state index contributed by atoms with van der Waals surface area (Å²) in [5.41, 5.74) is 6.55. The van der Waals surface area contributed by atoms with E-state index in [-0.39, 0.29) is 77.9 Å². The minimum absolute atomic E-state index is 0.0198. The first-order valence-electron chi connectivity index (χ1n) is 27.2. The number of aryl methyl sites for hydroxylation is 5. The molecule has 0 bridgehead atoms. The third-order valence-corrected chi connectivity index (χ3v) is 15.9. The summed E-state index contributed by atoms with van der Waals surface area (Å²) in [4.78, 5) is 87.3.